The maximum Gasteiger partial charge on any atom is 0.153 e. The number of hydrogen-bond donors (Lipinski definition) is 0. The highest BCUT2D eigenvalue weighted by atomic mass is 16.6. The third-order valence-corrected chi connectivity index (χ3v) is 2.04. The smallest absolute Gasteiger partial charge is 0.153 e. The number of hydrogen-bond acceptors (Lipinski definition) is 2. The maximum atomic E-state index is 10.2. The van der Waals surface area contributed by atoms with Crippen LogP contribution in [0.25, 0.3) is 0 Å². The van der Waals surface area contributed by atoms with Crippen molar-refractivity contribution in [3.8, 4) is 35.5 Å². The van der Waals surface area contributed by atoms with Crippen molar-refractivity contribution in [2.75, 3.05) is 0 Å². The van der Waals surface area contributed by atoms with Crippen molar-refractivity contribution in [1.82, 2.24) is 0 Å². The highest BCUT2D eigenvalue weighted by Gasteiger charge is 2.36. The molecule has 0 N–H and O–H groups in total. The lowest BCUT2D eigenvalue weighted by Crippen LogP contribution is -1.89. The van der Waals surface area contributed by atoms with Crippen LogP contribution in [0.2, 0.25) is 0 Å². The summed E-state index contributed by atoms with van der Waals surface area (Å²) in [4.78, 5) is 10.2. The molecule has 0 aromatic heterocycles. The Morgan fingerprint density at radius 2 is 1.82 bits per heavy atom. The second-order valence-corrected chi connectivity index (χ2v) is 3.29. The first-order chi connectivity index (χ1) is 8.40. The predicted octanol–water partition coefficient (Wildman–Crippen LogP) is 1.01. The van der Waals surface area contributed by atoms with Gasteiger partial charge in [0.1, 0.15) is 0 Å². The van der Waals surface area contributed by atoms with Gasteiger partial charge in [-0.1, -0.05) is 30.0 Å². The third kappa shape index (κ3) is 3.54. The fourth-order valence-corrected chi connectivity index (χ4v) is 1.14. The van der Waals surface area contributed by atoms with Crippen LogP contribution in [0.15, 0.2) is 30.3 Å². The first kappa shape index (κ1) is 11.0. The highest BCUT2D eigenvalue weighted by Crippen LogP contribution is 2.17. The van der Waals surface area contributed by atoms with Crippen molar-refractivity contribution in [3.05, 3.63) is 35.9 Å². The van der Waals surface area contributed by atoms with E-state index in [1.54, 1.807) is 0 Å². The van der Waals surface area contributed by atoms with E-state index in [-0.39, 0.29) is 12.2 Å². The molecule has 1 saturated heterocycles. The van der Waals surface area contributed by atoms with Gasteiger partial charge in [0.05, 0.1) is 0 Å². The standard InChI is InChI=1S/C15H8O2/c16-12-15-14(17-15)11-7-2-1-4-8-13-9-5-3-6-10-13/h3,5-6,9-10,12,14-15H. The first-order valence-corrected chi connectivity index (χ1v) is 5.07. The molecule has 2 rings (SSSR count). The number of benzene rings is 1. The topological polar surface area (TPSA) is 29.6 Å². The van der Waals surface area contributed by atoms with Crippen LogP contribution in [0, 0.1) is 35.5 Å². The van der Waals surface area contributed by atoms with Gasteiger partial charge >= 0.3 is 0 Å². The van der Waals surface area contributed by atoms with Crippen molar-refractivity contribution in [1.29, 1.82) is 0 Å². The predicted molar refractivity (Wildman–Crippen MR) is 63.6 cm³/mol. The minimum Gasteiger partial charge on any atom is -0.348 e. The molecule has 1 fully saturated rings. The zero-order valence-corrected chi connectivity index (χ0v) is 8.94. The van der Waals surface area contributed by atoms with Crippen LogP contribution in [0.1, 0.15) is 5.56 Å². The summed E-state index contributed by atoms with van der Waals surface area (Å²) in [5, 5.41) is 0. The molecule has 0 spiro atoms. The van der Waals surface area contributed by atoms with Crippen LogP contribution in [0.3, 0.4) is 0 Å². The van der Waals surface area contributed by atoms with Gasteiger partial charge in [0, 0.05) is 5.56 Å². The van der Waals surface area contributed by atoms with Crippen LogP contribution < -0.4 is 0 Å². The molecule has 0 bridgehead atoms. The van der Waals surface area contributed by atoms with Crippen molar-refractivity contribution in [3.63, 3.8) is 0 Å². The van der Waals surface area contributed by atoms with Gasteiger partial charge in [0.2, 0.25) is 0 Å². The minimum absolute atomic E-state index is 0.274. The van der Waals surface area contributed by atoms with Crippen LogP contribution in [-0.4, -0.2) is 18.5 Å². The Balaban J connectivity index is 1.87. The van der Waals surface area contributed by atoms with Crippen molar-refractivity contribution in [2.24, 2.45) is 0 Å². The molecule has 2 nitrogen and oxygen atoms in total. The third-order valence-electron chi connectivity index (χ3n) is 2.04. The van der Waals surface area contributed by atoms with Crippen LogP contribution in [-0.2, 0) is 9.53 Å². The summed E-state index contributed by atoms with van der Waals surface area (Å²) in [6.07, 6.45) is 0.103. The normalized spacial score (nSPS) is 19.5. The van der Waals surface area contributed by atoms with E-state index in [0.29, 0.717) is 0 Å². The molecule has 1 aliphatic heterocycles. The summed E-state index contributed by atoms with van der Waals surface area (Å²) in [6, 6.07) is 9.59. The van der Waals surface area contributed by atoms with E-state index in [9.17, 15) is 4.79 Å². The molecule has 1 aromatic rings. The lowest BCUT2D eigenvalue weighted by atomic mass is 10.2. The number of carbonyl (C=O) groups is 1. The summed E-state index contributed by atoms with van der Waals surface area (Å²) in [5.41, 5.74) is 0.918. The minimum atomic E-state index is -0.361. The Morgan fingerprint density at radius 1 is 1.06 bits per heavy atom. The van der Waals surface area contributed by atoms with Crippen molar-refractivity contribution in [2.45, 2.75) is 12.2 Å². The van der Waals surface area contributed by atoms with Crippen LogP contribution >= 0.6 is 0 Å². The Hall–Kier alpha value is -2.47. The summed E-state index contributed by atoms with van der Waals surface area (Å²) in [7, 11) is 0. The second kappa shape index (κ2) is 5.57. The molecule has 0 amide bonds. The van der Waals surface area contributed by atoms with E-state index < -0.39 is 0 Å². The summed E-state index contributed by atoms with van der Waals surface area (Å²) in [5.74, 6) is 16.1. The lowest BCUT2D eigenvalue weighted by Gasteiger charge is -1.83. The highest BCUT2D eigenvalue weighted by molar-refractivity contribution is 5.62. The zero-order chi connectivity index (χ0) is 11.9. The molecule has 1 aromatic carbocycles. The molecule has 0 aliphatic carbocycles. The van der Waals surface area contributed by atoms with Gasteiger partial charge in [-0.3, -0.25) is 0 Å². The van der Waals surface area contributed by atoms with Crippen LogP contribution in [0.5, 0.6) is 0 Å². The summed E-state index contributed by atoms with van der Waals surface area (Å²) >= 11 is 0. The number of carbonyl (C=O) groups excluding carboxylic acids is 1. The van der Waals surface area contributed by atoms with Crippen molar-refractivity contribution >= 4 is 6.29 Å². The van der Waals surface area contributed by atoms with E-state index in [1.165, 1.54) is 0 Å². The SMILES string of the molecule is O=CC1OC1C#CC#CC#Cc1ccccc1. The molecular formula is C15H8O2. The average molecular weight is 220 g/mol. The maximum absolute atomic E-state index is 10.2. The Kier molecular flexibility index (Phi) is 3.61. The molecule has 2 unspecified atom stereocenters. The van der Waals surface area contributed by atoms with Gasteiger partial charge in [0.25, 0.3) is 0 Å². The molecule has 17 heavy (non-hydrogen) atoms. The molecule has 1 aliphatic rings. The Labute approximate surface area is 100.0 Å². The molecular weight excluding hydrogens is 212 g/mol. The molecule has 2 heteroatoms. The summed E-state index contributed by atoms with van der Waals surface area (Å²) in [6.45, 7) is 0. The lowest BCUT2D eigenvalue weighted by molar-refractivity contribution is -0.108. The molecule has 80 valence electrons. The molecule has 0 radical (unpaired) electrons. The van der Waals surface area contributed by atoms with Gasteiger partial charge < -0.3 is 9.53 Å². The van der Waals surface area contributed by atoms with E-state index in [1.807, 2.05) is 30.3 Å². The van der Waals surface area contributed by atoms with Gasteiger partial charge in [0.15, 0.2) is 18.5 Å². The van der Waals surface area contributed by atoms with E-state index >= 15 is 0 Å². The van der Waals surface area contributed by atoms with Crippen LogP contribution in [0.4, 0.5) is 0 Å². The van der Waals surface area contributed by atoms with Gasteiger partial charge in [-0.15, -0.1) is 0 Å². The van der Waals surface area contributed by atoms with E-state index in [4.69, 9.17) is 4.74 Å². The fourth-order valence-electron chi connectivity index (χ4n) is 1.14. The zero-order valence-electron chi connectivity index (χ0n) is 8.94. The van der Waals surface area contributed by atoms with E-state index in [2.05, 4.69) is 35.5 Å². The number of epoxide rings is 1. The first-order valence-electron chi connectivity index (χ1n) is 5.07. The largest absolute Gasteiger partial charge is 0.348 e. The van der Waals surface area contributed by atoms with Gasteiger partial charge in [-0.25, -0.2) is 0 Å². The second-order valence-electron chi connectivity index (χ2n) is 3.29. The summed E-state index contributed by atoms with van der Waals surface area (Å²) < 4.78 is 4.90. The van der Waals surface area contributed by atoms with Gasteiger partial charge in [-0.2, -0.15) is 0 Å². The molecule has 0 saturated carbocycles. The number of aldehydes is 1. The van der Waals surface area contributed by atoms with Crippen molar-refractivity contribution < 1.29 is 9.53 Å². The number of ether oxygens (including phenoxy) is 1. The Morgan fingerprint density at radius 3 is 2.53 bits per heavy atom. The molecule has 2 atom stereocenters. The Bertz CT molecular complexity index is 582. The fraction of sp³-hybridized carbons (Fsp3) is 0.133. The monoisotopic (exact) mass is 220 g/mol. The molecule has 1 heterocycles. The number of rotatable bonds is 1. The quantitative estimate of drug-likeness (QED) is 0.401. The average Bonchev–Trinajstić information content (AvgIpc) is 3.13. The van der Waals surface area contributed by atoms with Gasteiger partial charge in [-0.05, 0) is 35.8 Å². The van der Waals surface area contributed by atoms with E-state index in [0.717, 1.165) is 11.8 Å².